The summed E-state index contributed by atoms with van der Waals surface area (Å²) in [6.45, 7) is 1.44. The van der Waals surface area contributed by atoms with Gasteiger partial charge in [-0.15, -0.1) is 0 Å². The lowest BCUT2D eigenvalue weighted by Crippen LogP contribution is -2.36. The van der Waals surface area contributed by atoms with Crippen molar-refractivity contribution in [3.8, 4) is 0 Å². The van der Waals surface area contributed by atoms with Gasteiger partial charge in [0.15, 0.2) is 0 Å². The lowest BCUT2D eigenvalue weighted by atomic mass is 10.1. The van der Waals surface area contributed by atoms with Gasteiger partial charge in [0.1, 0.15) is 6.54 Å². The number of rotatable bonds is 5. The van der Waals surface area contributed by atoms with Gasteiger partial charge in [-0.1, -0.05) is 24.3 Å². The molecule has 2 aromatic rings. The molecular weight excluding hydrogens is 414 g/mol. The number of thioether (sulfide) groups is 1. The van der Waals surface area contributed by atoms with E-state index in [0.717, 1.165) is 27.8 Å². The number of nitrogens with two attached hydrogens (primary N) is 1. The van der Waals surface area contributed by atoms with Gasteiger partial charge in [-0.3, -0.25) is 19.3 Å². The molecule has 0 unspecified atom stereocenters. The summed E-state index contributed by atoms with van der Waals surface area (Å²) in [5.41, 5.74) is 2.09. The number of anilines is 1. The Balaban J connectivity index is 1.68. The average Bonchev–Trinajstić information content (AvgIpc) is 2.91. The molecular formula is C19H17N3O5S2. The van der Waals surface area contributed by atoms with Gasteiger partial charge >= 0.3 is 0 Å². The van der Waals surface area contributed by atoms with Gasteiger partial charge in [0, 0.05) is 5.69 Å². The van der Waals surface area contributed by atoms with E-state index in [1.165, 1.54) is 24.3 Å². The SMILES string of the molecule is Cc1ccccc1/C=C1\SC(=O)N(CC(=O)Nc2ccc(S(N)(=O)=O)cc2)C1=O. The van der Waals surface area contributed by atoms with Crippen LogP contribution in [0, 0.1) is 6.92 Å². The minimum Gasteiger partial charge on any atom is -0.325 e. The fourth-order valence-electron chi connectivity index (χ4n) is 2.60. The topological polar surface area (TPSA) is 127 Å². The highest BCUT2D eigenvalue weighted by molar-refractivity contribution is 8.18. The Kier molecular flexibility index (Phi) is 5.87. The van der Waals surface area contributed by atoms with Crippen molar-refractivity contribution >= 4 is 50.6 Å². The number of sulfonamides is 1. The predicted octanol–water partition coefficient (Wildman–Crippen LogP) is 2.32. The highest BCUT2D eigenvalue weighted by atomic mass is 32.2. The van der Waals surface area contributed by atoms with Crippen LogP contribution in [0.4, 0.5) is 10.5 Å². The molecule has 8 nitrogen and oxygen atoms in total. The van der Waals surface area contributed by atoms with Gasteiger partial charge in [0.2, 0.25) is 15.9 Å². The summed E-state index contributed by atoms with van der Waals surface area (Å²) in [4.78, 5) is 38.0. The summed E-state index contributed by atoms with van der Waals surface area (Å²) in [5, 5.41) is 7.00. The largest absolute Gasteiger partial charge is 0.325 e. The zero-order valence-electron chi connectivity index (χ0n) is 15.3. The fourth-order valence-corrected chi connectivity index (χ4v) is 3.94. The Labute approximate surface area is 171 Å². The Hall–Kier alpha value is -2.95. The molecule has 1 heterocycles. The molecule has 1 saturated heterocycles. The number of hydrogen-bond acceptors (Lipinski definition) is 6. The number of amides is 3. The van der Waals surface area contributed by atoms with E-state index in [4.69, 9.17) is 5.14 Å². The minimum atomic E-state index is -3.84. The van der Waals surface area contributed by atoms with Crippen molar-refractivity contribution in [3.63, 3.8) is 0 Å². The van der Waals surface area contributed by atoms with E-state index >= 15 is 0 Å². The van der Waals surface area contributed by atoms with E-state index in [1.54, 1.807) is 6.08 Å². The monoisotopic (exact) mass is 431 g/mol. The van der Waals surface area contributed by atoms with E-state index in [2.05, 4.69) is 5.32 Å². The Morgan fingerprint density at radius 2 is 1.79 bits per heavy atom. The van der Waals surface area contributed by atoms with Crippen LogP contribution < -0.4 is 10.5 Å². The first-order valence-electron chi connectivity index (χ1n) is 8.39. The number of carbonyl (C=O) groups is 3. The van der Waals surface area contributed by atoms with Crippen LogP contribution in [0.5, 0.6) is 0 Å². The van der Waals surface area contributed by atoms with Gasteiger partial charge in [0.05, 0.1) is 9.80 Å². The van der Waals surface area contributed by atoms with Gasteiger partial charge in [-0.2, -0.15) is 0 Å². The summed E-state index contributed by atoms with van der Waals surface area (Å²) >= 11 is 0.776. The number of hydrogen-bond donors (Lipinski definition) is 2. The molecule has 1 aliphatic heterocycles. The summed E-state index contributed by atoms with van der Waals surface area (Å²) in [6.07, 6.45) is 1.63. The molecule has 1 aliphatic rings. The minimum absolute atomic E-state index is 0.0946. The molecule has 10 heteroatoms. The standard InChI is InChI=1S/C19H17N3O5S2/c1-12-4-2-3-5-13(12)10-16-18(24)22(19(25)28-16)11-17(23)21-14-6-8-15(9-7-14)29(20,26)27/h2-10H,11H2,1H3,(H,21,23)(H2,20,26,27)/b16-10-. The van der Waals surface area contributed by atoms with Crippen molar-refractivity contribution in [3.05, 3.63) is 64.6 Å². The van der Waals surface area contributed by atoms with Crippen molar-refractivity contribution in [1.29, 1.82) is 0 Å². The normalized spacial score (nSPS) is 15.8. The molecule has 0 bridgehead atoms. The molecule has 0 spiro atoms. The first-order valence-corrected chi connectivity index (χ1v) is 10.7. The van der Waals surface area contributed by atoms with Crippen LogP contribution in [-0.4, -0.2) is 36.9 Å². The van der Waals surface area contributed by atoms with Gasteiger partial charge < -0.3 is 5.32 Å². The van der Waals surface area contributed by atoms with E-state index in [0.29, 0.717) is 5.69 Å². The second kappa shape index (κ2) is 8.19. The quantitative estimate of drug-likeness (QED) is 0.700. The number of primary sulfonamides is 1. The van der Waals surface area contributed by atoms with Crippen LogP contribution >= 0.6 is 11.8 Å². The summed E-state index contributed by atoms with van der Waals surface area (Å²) < 4.78 is 22.5. The van der Waals surface area contributed by atoms with Crippen LogP contribution in [0.25, 0.3) is 6.08 Å². The third-order valence-electron chi connectivity index (χ3n) is 4.12. The van der Waals surface area contributed by atoms with Crippen molar-refractivity contribution in [2.45, 2.75) is 11.8 Å². The predicted molar refractivity (Wildman–Crippen MR) is 110 cm³/mol. The summed E-state index contributed by atoms with van der Waals surface area (Å²) in [7, 11) is -3.84. The molecule has 3 amide bonds. The number of aryl methyl sites for hydroxylation is 1. The smallest absolute Gasteiger partial charge is 0.294 e. The van der Waals surface area contributed by atoms with Gasteiger partial charge in [-0.05, 0) is 60.2 Å². The number of carbonyl (C=O) groups excluding carboxylic acids is 3. The summed E-state index contributed by atoms with van der Waals surface area (Å²) in [6, 6.07) is 12.7. The fraction of sp³-hybridized carbons (Fsp3) is 0.105. The third-order valence-corrected chi connectivity index (χ3v) is 5.95. The van der Waals surface area contributed by atoms with Crippen molar-refractivity contribution in [2.75, 3.05) is 11.9 Å². The molecule has 0 aliphatic carbocycles. The second-order valence-electron chi connectivity index (χ2n) is 6.24. The zero-order valence-corrected chi connectivity index (χ0v) is 16.9. The number of imide groups is 1. The Morgan fingerprint density at radius 3 is 2.41 bits per heavy atom. The maximum Gasteiger partial charge on any atom is 0.294 e. The highest BCUT2D eigenvalue weighted by Gasteiger charge is 2.36. The van der Waals surface area contributed by atoms with Crippen LogP contribution in [-0.2, 0) is 19.6 Å². The molecule has 150 valence electrons. The number of benzene rings is 2. The lowest BCUT2D eigenvalue weighted by Gasteiger charge is -2.12. The molecule has 0 atom stereocenters. The molecule has 29 heavy (non-hydrogen) atoms. The van der Waals surface area contributed by atoms with Crippen LogP contribution in [0.2, 0.25) is 0 Å². The Morgan fingerprint density at radius 1 is 1.14 bits per heavy atom. The van der Waals surface area contributed by atoms with Crippen molar-refractivity contribution in [1.82, 2.24) is 4.90 Å². The van der Waals surface area contributed by atoms with Crippen LogP contribution in [0.3, 0.4) is 0 Å². The Bertz CT molecular complexity index is 1120. The average molecular weight is 431 g/mol. The highest BCUT2D eigenvalue weighted by Crippen LogP contribution is 2.32. The second-order valence-corrected chi connectivity index (χ2v) is 8.80. The zero-order chi connectivity index (χ0) is 21.2. The number of nitrogens with zero attached hydrogens (tertiary/aromatic N) is 1. The molecule has 3 N–H and O–H groups in total. The number of nitrogens with one attached hydrogen (secondary N) is 1. The van der Waals surface area contributed by atoms with E-state index in [9.17, 15) is 22.8 Å². The third kappa shape index (κ3) is 4.91. The first kappa shape index (κ1) is 20.8. The van der Waals surface area contributed by atoms with E-state index < -0.39 is 33.6 Å². The molecule has 0 radical (unpaired) electrons. The molecule has 0 aromatic heterocycles. The molecule has 0 saturated carbocycles. The molecule has 2 aromatic carbocycles. The van der Waals surface area contributed by atoms with Gasteiger partial charge in [0.25, 0.3) is 11.1 Å². The maximum absolute atomic E-state index is 12.5. The van der Waals surface area contributed by atoms with Crippen molar-refractivity contribution in [2.24, 2.45) is 5.14 Å². The van der Waals surface area contributed by atoms with Crippen LogP contribution in [0.15, 0.2) is 58.3 Å². The summed E-state index contributed by atoms with van der Waals surface area (Å²) in [5.74, 6) is -1.13. The first-order chi connectivity index (χ1) is 13.6. The van der Waals surface area contributed by atoms with E-state index in [1.807, 2.05) is 31.2 Å². The van der Waals surface area contributed by atoms with Crippen molar-refractivity contribution < 1.29 is 22.8 Å². The lowest BCUT2D eigenvalue weighted by molar-refractivity contribution is -0.127. The van der Waals surface area contributed by atoms with Crippen LogP contribution in [0.1, 0.15) is 11.1 Å². The van der Waals surface area contributed by atoms with E-state index in [-0.39, 0.29) is 9.80 Å². The molecule has 3 rings (SSSR count). The maximum atomic E-state index is 12.5. The van der Waals surface area contributed by atoms with Gasteiger partial charge in [-0.25, -0.2) is 13.6 Å². The molecule has 1 fully saturated rings.